The van der Waals surface area contributed by atoms with E-state index < -0.39 is 16.1 Å². The first kappa shape index (κ1) is 14.5. The number of nitrogens with one attached hydrogen (secondary N) is 1. The van der Waals surface area contributed by atoms with E-state index in [1.807, 2.05) is 0 Å². The van der Waals surface area contributed by atoms with Crippen molar-refractivity contribution in [2.45, 2.75) is 17.2 Å². The van der Waals surface area contributed by atoms with Crippen LogP contribution in [0.3, 0.4) is 0 Å². The van der Waals surface area contributed by atoms with Gasteiger partial charge in [0.05, 0.1) is 6.10 Å². The van der Waals surface area contributed by atoms with Crippen LogP contribution in [0.25, 0.3) is 0 Å². The third-order valence-electron chi connectivity index (χ3n) is 2.45. The maximum atomic E-state index is 12.2. The van der Waals surface area contributed by atoms with E-state index in [-0.39, 0.29) is 4.21 Å². The van der Waals surface area contributed by atoms with Crippen molar-refractivity contribution in [3.8, 4) is 0 Å². The summed E-state index contributed by atoms with van der Waals surface area (Å²) < 4.78 is 27.6. The highest BCUT2D eigenvalue weighted by molar-refractivity contribution is 9.10. The molecular weight excluding hydrogens is 350 g/mol. The number of halogens is 1. The van der Waals surface area contributed by atoms with Gasteiger partial charge in [-0.05, 0) is 52.0 Å². The second-order valence-electron chi connectivity index (χ2n) is 3.96. The predicted molar refractivity (Wildman–Crippen MR) is 79.9 cm³/mol. The highest BCUT2D eigenvalue weighted by Gasteiger charge is 2.19. The molecule has 1 unspecified atom stereocenters. The molecule has 0 saturated carbocycles. The molecule has 0 bridgehead atoms. The summed E-state index contributed by atoms with van der Waals surface area (Å²) >= 11 is 4.34. The Hall–Kier alpha value is -0.890. The first-order valence-electron chi connectivity index (χ1n) is 5.44. The largest absolute Gasteiger partial charge is 0.389 e. The zero-order chi connectivity index (χ0) is 14.0. The minimum Gasteiger partial charge on any atom is -0.389 e. The van der Waals surface area contributed by atoms with Crippen molar-refractivity contribution in [2.75, 3.05) is 4.72 Å². The normalized spacial score (nSPS) is 13.2. The van der Waals surface area contributed by atoms with E-state index in [2.05, 4.69) is 20.7 Å². The average molecular weight is 362 g/mol. The first-order chi connectivity index (χ1) is 8.90. The van der Waals surface area contributed by atoms with Crippen LogP contribution in [0.15, 0.2) is 44.4 Å². The topological polar surface area (TPSA) is 66.4 Å². The van der Waals surface area contributed by atoms with Crippen molar-refractivity contribution in [1.29, 1.82) is 0 Å². The van der Waals surface area contributed by atoms with Crippen LogP contribution in [-0.4, -0.2) is 13.5 Å². The lowest BCUT2D eigenvalue weighted by Crippen LogP contribution is -2.12. The van der Waals surface area contributed by atoms with Crippen LogP contribution in [0.1, 0.15) is 18.6 Å². The third kappa shape index (κ3) is 3.36. The van der Waals surface area contributed by atoms with Gasteiger partial charge in [-0.3, -0.25) is 4.72 Å². The minimum absolute atomic E-state index is 0.231. The minimum atomic E-state index is -3.60. The van der Waals surface area contributed by atoms with Crippen LogP contribution in [-0.2, 0) is 10.0 Å². The fraction of sp³-hybridized carbons (Fsp3) is 0.167. The van der Waals surface area contributed by atoms with Crippen molar-refractivity contribution in [3.63, 3.8) is 0 Å². The molecule has 2 rings (SSSR count). The molecule has 0 aliphatic rings. The van der Waals surface area contributed by atoms with Crippen molar-refractivity contribution in [1.82, 2.24) is 0 Å². The molecule has 0 radical (unpaired) electrons. The maximum Gasteiger partial charge on any atom is 0.272 e. The summed E-state index contributed by atoms with van der Waals surface area (Å²) in [6.45, 7) is 1.63. The van der Waals surface area contributed by atoms with Crippen LogP contribution >= 0.6 is 27.3 Å². The van der Waals surface area contributed by atoms with Crippen molar-refractivity contribution in [3.05, 3.63) is 45.7 Å². The standard InChI is InChI=1S/C12H12BrNO3S2/c1-8(15)9-3-2-4-10(7-9)14-19(16,17)12-11(13)5-6-18-12/h2-8,14-15H,1H3. The summed E-state index contributed by atoms with van der Waals surface area (Å²) in [5, 5.41) is 11.2. The summed E-state index contributed by atoms with van der Waals surface area (Å²) in [5.41, 5.74) is 1.09. The fourth-order valence-corrected chi connectivity index (χ4v) is 4.92. The first-order valence-corrected chi connectivity index (χ1v) is 8.59. The maximum absolute atomic E-state index is 12.2. The van der Waals surface area contributed by atoms with Gasteiger partial charge in [-0.15, -0.1) is 11.3 Å². The Morgan fingerprint density at radius 1 is 1.37 bits per heavy atom. The fourth-order valence-electron chi connectivity index (χ4n) is 1.54. The van der Waals surface area contributed by atoms with E-state index in [0.717, 1.165) is 11.3 Å². The van der Waals surface area contributed by atoms with Crippen LogP contribution in [0.2, 0.25) is 0 Å². The van der Waals surface area contributed by atoms with E-state index in [0.29, 0.717) is 15.7 Å². The molecule has 7 heteroatoms. The summed E-state index contributed by atoms with van der Waals surface area (Å²) in [6.07, 6.45) is -0.641. The molecule has 1 atom stereocenters. The van der Waals surface area contributed by atoms with E-state index in [1.165, 1.54) is 0 Å². The molecule has 0 amide bonds. The molecule has 102 valence electrons. The van der Waals surface area contributed by atoms with Gasteiger partial charge in [-0.2, -0.15) is 0 Å². The number of rotatable bonds is 4. The zero-order valence-corrected chi connectivity index (χ0v) is 13.2. The van der Waals surface area contributed by atoms with Crippen molar-refractivity contribution < 1.29 is 13.5 Å². The molecule has 1 aromatic heterocycles. The van der Waals surface area contributed by atoms with Gasteiger partial charge in [0.15, 0.2) is 4.21 Å². The van der Waals surface area contributed by atoms with Gasteiger partial charge < -0.3 is 5.11 Å². The number of hydrogen-bond acceptors (Lipinski definition) is 4. The Bertz CT molecular complexity index is 680. The van der Waals surface area contributed by atoms with Gasteiger partial charge in [0.25, 0.3) is 10.0 Å². The molecule has 1 heterocycles. The molecule has 0 spiro atoms. The molecule has 19 heavy (non-hydrogen) atoms. The lowest BCUT2D eigenvalue weighted by atomic mass is 10.1. The van der Waals surface area contributed by atoms with Gasteiger partial charge in [0, 0.05) is 10.2 Å². The average Bonchev–Trinajstić information content (AvgIpc) is 2.76. The van der Waals surface area contributed by atoms with E-state index in [9.17, 15) is 13.5 Å². The molecule has 0 fully saturated rings. The van der Waals surface area contributed by atoms with Gasteiger partial charge >= 0.3 is 0 Å². The van der Waals surface area contributed by atoms with Crippen molar-refractivity contribution in [2.24, 2.45) is 0 Å². The smallest absolute Gasteiger partial charge is 0.272 e. The molecular formula is C12H12BrNO3S2. The number of benzene rings is 1. The number of sulfonamides is 1. The van der Waals surface area contributed by atoms with Crippen molar-refractivity contribution >= 4 is 43.0 Å². The van der Waals surface area contributed by atoms with Gasteiger partial charge in [0.1, 0.15) is 0 Å². The molecule has 1 aromatic carbocycles. The highest BCUT2D eigenvalue weighted by Crippen LogP contribution is 2.29. The molecule has 0 saturated heterocycles. The monoisotopic (exact) mass is 361 g/mol. The van der Waals surface area contributed by atoms with Crippen LogP contribution in [0.5, 0.6) is 0 Å². The van der Waals surface area contributed by atoms with Gasteiger partial charge in [-0.25, -0.2) is 8.42 Å². The zero-order valence-electron chi connectivity index (χ0n) is 10.00. The lowest BCUT2D eigenvalue weighted by Gasteiger charge is -2.10. The molecule has 0 aliphatic carbocycles. The van der Waals surface area contributed by atoms with Crippen LogP contribution < -0.4 is 4.72 Å². The molecule has 2 N–H and O–H groups in total. The SMILES string of the molecule is CC(O)c1cccc(NS(=O)(=O)c2sccc2Br)c1. The van der Waals surface area contributed by atoms with E-state index in [1.54, 1.807) is 42.6 Å². The summed E-state index contributed by atoms with van der Waals surface area (Å²) in [6, 6.07) is 8.38. The van der Waals surface area contributed by atoms with E-state index in [4.69, 9.17) is 0 Å². The number of aliphatic hydroxyl groups excluding tert-OH is 1. The number of hydrogen-bond donors (Lipinski definition) is 2. The van der Waals surface area contributed by atoms with Gasteiger partial charge in [-0.1, -0.05) is 12.1 Å². The predicted octanol–water partition coefficient (Wildman–Crippen LogP) is 3.36. The summed E-state index contributed by atoms with van der Waals surface area (Å²) in [4.78, 5) is 0. The number of anilines is 1. The number of thiophene rings is 1. The van der Waals surface area contributed by atoms with E-state index >= 15 is 0 Å². The molecule has 0 aliphatic heterocycles. The Kier molecular flexibility index (Phi) is 4.29. The quantitative estimate of drug-likeness (QED) is 0.877. The van der Waals surface area contributed by atoms with Crippen LogP contribution in [0, 0.1) is 0 Å². The molecule has 2 aromatic rings. The Morgan fingerprint density at radius 3 is 2.68 bits per heavy atom. The van der Waals surface area contributed by atoms with Gasteiger partial charge in [0.2, 0.25) is 0 Å². The highest BCUT2D eigenvalue weighted by atomic mass is 79.9. The Labute approximate surface area is 124 Å². The lowest BCUT2D eigenvalue weighted by molar-refractivity contribution is 0.199. The summed E-state index contributed by atoms with van der Waals surface area (Å²) in [5.74, 6) is 0. The Morgan fingerprint density at radius 2 is 2.11 bits per heavy atom. The number of aliphatic hydroxyl groups is 1. The van der Waals surface area contributed by atoms with Crippen LogP contribution in [0.4, 0.5) is 5.69 Å². The molecule has 4 nitrogen and oxygen atoms in total. The second-order valence-corrected chi connectivity index (χ2v) is 7.61. The Balaban J connectivity index is 2.31. The third-order valence-corrected chi connectivity index (χ3v) is 6.50. The summed E-state index contributed by atoms with van der Waals surface area (Å²) in [7, 11) is -3.60. The second kappa shape index (κ2) is 5.62.